The van der Waals surface area contributed by atoms with Crippen LogP contribution in [0.3, 0.4) is 0 Å². The fourth-order valence-corrected chi connectivity index (χ4v) is 2.99. The number of piperidine rings is 1. The molecule has 0 aromatic heterocycles. The molecule has 3 N–H and O–H groups in total. The van der Waals surface area contributed by atoms with Crippen molar-refractivity contribution in [2.75, 3.05) is 26.2 Å². The molecule has 1 aromatic carbocycles. The van der Waals surface area contributed by atoms with E-state index in [1.54, 1.807) is 12.1 Å². The summed E-state index contributed by atoms with van der Waals surface area (Å²) in [5.74, 6) is -0.00118. The van der Waals surface area contributed by atoms with Crippen molar-refractivity contribution < 1.29 is 22.7 Å². The first-order valence-electron chi connectivity index (χ1n) is 8.58. The summed E-state index contributed by atoms with van der Waals surface area (Å²) in [5, 5.41) is 2.79. The molecule has 0 radical (unpaired) electrons. The predicted molar refractivity (Wildman–Crippen MR) is 92.7 cm³/mol. The molecule has 1 amide bonds. The highest BCUT2D eigenvalue weighted by molar-refractivity contribution is 5.78. The number of nitrogens with two attached hydrogens (primary N) is 1. The molecule has 1 aliphatic rings. The van der Waals surface area contributed by atoms with E-state index in [1.807, 2.05) is 0 Å². The maximum atomic E-state index is 12.2. The molecule has 1 fully saturated rings. The average Bonchev–Trinajstić information content (AvgIpc) is 2.54. The van der Waals surface area contributed by atoms with Gasteiger partial charge in [-0.05, 0) is 29.5 Å². The minimum absolute atomic E-state index is 0.0390. The summed E-state index contributed by atoms with van der Waals surface area (Å²) in [6, 6.07) is 6.40. The van der Waals surface area contributed by atoms with Crippen LogP contribution in [-0.2, 0) is 11.3 Å². The molecule has 1 unspecified atom stereocenters. The van der Waals surface area contributed by atoms with Crippen molar-refractivity contribution in [1.82, 2.24) is 10.2 Å². The fourth-order valence-electron chi connectivity index (χ4n) is 2.99. The molecule has 1 aliphatic heterocycles. The number of halogens is 3. The van der Waals surface area contributed by atoms with Gasteiger partial charge in [-0.25, -0.2) is 0 Å². The lowest BCUT2D eigenvalue weighted by atomic mass is 9.80. The van der Waals surface area contributed by atoms with Gasteiger partial charge in [-0.3, -0.25) is 9.69 Å². The quantitative estimate of drug-likeness (QED) is 0.803. The zero-order valence-corrected chi connectivity index (χ0v) is 15.1. The van der Waals surface area contributed by atoms with Crippen molar-refractivity contribution in [2.45, 2.75) is 39.0 Å². The van der Waals surface area contributed by atoms with Crippen molar-refractivity contribution >= 4 is 5.91 Å². The Morgan fingerprint density at radius 2 is 2.15 bits per heavy atom. The highest BCUT2D eigenvalue weighted by atomic mass is 19.4. The Balaban J connectivity index is 1.80. The number of ether oxygens (including phenoxy) is 1. The first-order chi connectivity index (χ1) is 12.0. The van der Waals surface area contributed by atoms with Gasteiger partial charge in [-0.15, -0.1) is 0 Å². The van der Waals surface area contributed by atoms with E-state index in [4.69, 9.17) is 10.5 Å². The smallest absolute Gasteiger partial charge is 0.422 e. The normalized spacial score (nSPS) is 20.6. The number of benzene rings is 1. The van der Waals surface area contributed by atoms with Crippen molar-refractivity contribution in [2.24, 2.45) is 11.1 Å². The van der Waals surface area contributed by atoms with Crippen LogP contribution >= 0.6 is 0 Å². The minimum Gasteiger partial charge on any atom is -0.484 e. The minimum atomic E-state index is -4.38. The van der Waals surface area contributed by atoms with Crippen LogP contribution in [0.25, 0.3) is 0 Å². The third kappa shape index (κ3) is 6.49. The van der Waals surface area contributed by atoms with E-state index >= 15 is 0 Å². The van der Waals surface area contributed by atoms with E-state index in [0.717, 1.165) is 19.5 Å². The Kier molecular flexibility index (Phi) is 6.52. The number of nitrogens with zero attached hydrogens (tertiary/aromatic N) is 1. The highest BCUT2D eigenvalue weighted by Crippen LogP contribution is 2.27. The first kappa shape index (κ1) is 20.5. The molecule has 1 saturated heterocycles. The van der Waals surface area contributed by atoms with Crippen molar-refractivity contribution in [3.05, 3.63) is 29.8 Å². The van der Waals surface area contributed by atoms with E-state index in [2.05, 4.69) is 24.1 Å². The fraction of sp³-hybridized carbons (Fsp3) is 0.611. The van der Waals surface area contributed by atoms with Crippen LogP contribution in [0.15, 0.2) is 24.3 Å². The van der Waals surface area contributed by atoms with Gasteiger partial charge in [0.05, 0.1) is 6.54 Å². The Labute approximate surface area is 151 Å². The monoisotopic (exact) mass is 373 g/mol. The molecule has 146 valence electrons. The van der Waals surface area contributed by atoms with Gasteiger partial charge >= 0.3 is 6.18 Å². The molecule has 0 spiro atoms. The largest absolute Gasteiger partial charge is 0.484 e. The molecule has 8 heteroatoms. The van der Waals surface area contributed by atoms with Crippen LogP contribution in [0.4, 0.5) is 13.2 Å². The molecule has 5 nitrogen and oxygen atoms in total. The standard InChI is InChI=1S/C18H26F3N3O2/c1-17(2)11-24(7-6-15(17)22)10-16(25)23-9-13-4-3-5-14(8-13)26-12-18(19,20)21/h3-5,8,15H,6-7,9-12,22H2,1-2H3,(H,23,25). The number of rotatable bonds is 6. The molecule has 0 aliphatic carbocycles. The Bertz CT molecular complexity index is 620. The molecular formula is C18H26F3N3O2. The van der Waals surface area contributed by atoms with Crippen molar-refractivity contribution in [1.29, 1.82) is 0 Å². The molecule has 1 aromatic rings. The molecule has 1 heterocycles. The number of carbonyl (C=O) groups is 1. The van der Waals surface area contributed by atoms with Gasteiger partial charge in [0, 0.05) is 25.7 Å². The van der Waals surface area contributed by atoms with Gasteiger partial charge in [0.2, 0.25) is 5.91 Å². The summed E-state index contributed by atoms with van der Waals surface area (Å²) >= 11 is 0. The van der Waals surface area contributed by atoms with Crippen LogP contribution in [0.2, 0.25) is 0 Å². The summed E-state index contributed by atoms with van der Waals surface area (Å²) in [7, 11) is 0. The lowest BCUT2D eigenvalue weighted by molar-refractivity contribution is -0.153. The van der Waals surface area contributed by atoms with Gasteiger partial charge < -0.3 is 15.8 Å². The Morgan fingerprint density at radius 1 is 1.42 bits per heavy atom. The van der Waals surface area contributed by atoms with Gasteiger partial charge in [0.25, 0.3) is 0 Å². The number of amides is 1. The summed E-state index contributed by atoms with van der Waals surface area (Å²) in [6.45, 7) is 4.89. The SMILES string of the molecule is CC1(C)CN(CC(=O)NCc2cccc(OCC(F)(F)F)c2)CCC1N. The van der Waals surface area contributed by atoms with Crippen LogP contribution in [0, 0.1) is 5.41 Å². The average molecular weight is 373 g/mol. The summed E-state index contributed by atoms with van der Waals surface area (Å²) in [4.78, 5) is 14.2. The molecule has 0 saturated carbocycles. The van der Waals surface area contributed by atoms with Crippen LogP contribution in [-0.4, -0.2) is 49.3 Å². The molecule has 1 atom stereocenters. The molecule has 0 bridgehead atoms. The van der Waals surface area contributed by atoms with Gasteiger partial charge in [0.15, 0.2) is 6.61 Å². The third-order valence-electron chi connectivity index (χ3n) is 4.55. The number of hydrogen-bond acceptors (Lipinski definition) is 4. The van der Waals surface area contributed by atoms with Crippen LogP contribution < -0.4 is 15.8 Å². The van der Waals surface area contributed by atoms with Gasteiger partial charge in [0.1, 0.15) is 5.75 Å². The van der Waals surface area contributed by atoms with E-state index in [1.165, 1.54) is 12.1 Å². The summed E-state index contributed by atoms with van der Waals surface area (Å²) < 4.78 is 41.3. The first-order valence-corrected chi connectivity index (χ1v) is 8.58. The number of carbonyl (C=O) groups excluding carboxylic acids is 1. The lowest BCUT2D eigenvalue weighted by Gasteiger charge is -2.42. The Hall–Kier alpha value is -1.80. The molecular weight excluding hydrogens is 347 g/mol. The Morgan fingerprint density at radius 3 is 2.81 bits per heavy atom. The number of alkyl halides is 3. The molecule has 26 heavy (non-hydrogen) atoms. The third-order valence-corrected chi connectivity index (χ3v) is 4.55. The van der Waals surface area contributed by atoms with E-state index < -0.39 is 12.8 Å². The summed E-state index contributed by atoms with van der Waals surface area (Å²) in [5.41, 5.74) is 6.74. The van der Waals surface area contributed by atoms with Gasteiger partial charge in [-0.1, -0.05) is 26.0 Å². The van der Waals surface area contributed by atoms with Crippen LogP contribution in [0.1, 0.15) is 25.8 Å². The number of nitrogens with one attached hydrogen (secondary N) is 1. The second kappa shape index (κ2) is 8.26. The van der Waals surface area contributed by atoms with E-state index in [0.29, 0.717) is 5.56 Å². The maximum Gasteiger partial charge on any atom is 0.422 e. The number of likely N-dealkylation sites (tertiary alicyclic amines) is 1. The lowest BCUT2D eigenvalue weighted by Crippen LogP contribution is -2.54. The van der Waals surface area contributed by atoms with Gasteiger partial charge in [-0.2, -0.15) is 13.2 Å². The second-order valence-corrected chi connectivity index (χ2v) is 7.42. The van der Waals surface area contributed by atoms with E-state index in [-0.39, 0.29) is 36.2 Å². The van der Waals surface area contributed by atoms with E-state index in [9.17, 15) is 18.0 Å². The number of hydrogen-bond donors (Lipinski definition) is 2. The molecule has 2 rings (SSSR count). The maximum absolute atomic E-state index is 12.2. The topological polar surface area (TPSA) is 67.6 Å². The van der Waals surface area contributed by atoms with Crippen LogP contribution in [0.5, 0.6) is 5.75 Å². The zero-order chi connectivity index (χ0) is 19.4. The zero-order valence-electron chi connectivity index (χ0n) is 15.1. The summed E-state index contributed by atoms with van der Waals surface area (Å²) in [6.07, 6.45) is -3.53. The second-order valence-electron chi connectivity index (χ2n) is 7.42. The van der Waals surface area contributed by atoms with Crippen molar-refractivity contribution in [3.8, 4) is 5.75 Å². The highest BCUT2D eigenvalue weighted by Gasteiger charge is 2.33. The predicted octanol–water partition coefficient (Wildman–Crippen LogP) is 2.30. The van der Waals surface area contributed by atoms with Crippen molar-refractivity contribution in [3.63, 3.8) is 0 Å².